The fourth-order valence-electron chi connectivity index (χ4n) is 3.69. The Morgan fingerprint density at radius 3 is 2.42 bits per heavy atom. The summed E-state index contributed by atoms with van der Waals surface area (Å²) in [6.45, 7) is 2.31. The van der Waals surface area contributed by atoms with Gasteiger partial charge in [-0.25, -0.2) is 8.42 Å². The molecule has 7 heteroatoms. The topological polar surface area (TPSA) is 69.7 Å². The molecule has 0 saturated carbocycles. The lowest BCUT2D eigenvalue weighted by Gasteiger charge is -2.18. The van der Waals surface area contributed by atoms with Crippen LogP contribution in [0, 0.1) is 0 Å². The quantitative estimate of drug-likeness (QED) is 0.892. The zero-order valence-electron chi connectivity index (χ0n) is 14.6. The minimum atomic E-state index is -3.30. The van der Waals surface area contributed by atoms with Gasteiger partial charge in [0.25, 0.3) is 0 Å². The summed E-state index contributed by atoms with van der Waals surface area (Å²) in [5, 5.41) is 2.90. The van der Waals surface area contributed by atoms with Crippen LogP contribution in [0.15, 0.2) is 42.5 Å². The van der Waals surface area contributed by atoms with Crippen LogP contribution >= 0.6 is 0 Å². The summed E-state index contributed by atoms with van der Waals surface area (Å²) < 4.78 is 25.2. The van der Waals surface area contributed by atoms with E-state index in [0.29, 0.717) is 30.9 Å². The number of rotatable bonds is 4. The molecule has 136 valence electrons. The van der Waals surface area contributed by atoms with Gasteiger partial charge in [-0.1, -0.05) is 30.3 Å². The first-order chi connectivity index (χ1) is 12.4. The second-order valence-electron chi connectivity index (χ2n) is 6.89. The molecule has 0 fully saturated rings. The number of benzene rings is 2. The van der Waals surface area contributed by atoms with E-state index in [9.17, 15) is 13.2 Å². The van der Waals surface area contributed by atoms with Crippen LogP contribution in [0.2, 0.25) is 0 Å². The van der Waals surface area contributed by atoms with E-state index in [0.717, 1.165) is 18.7 Å². The van der Waals surface area contributed by atoms with Gasteiger partial charge in [-0.2, -0.15) is 0 Å². The molecule has 0 aliphatic carbocycles. The highest BCUT2D eigenvalue weighted by Crippen LogP contribution is 2.32. The number of anilines is 2. The Hall–Kier alpha value is -2.38. The highest BCUT2D eigenvalue weighted by molar-refractivity contribution is 7.92. The lowest BCUT2D eigenvalue weighted by Crippen LogP contribution is -2.29. The third-order valence-electron chi connectivity index (χ3n) is 4.90. The molecule has 2 aliphatic heterocycles. The Morgan fingerprint density at radius 2 is 1.77 bits per heavy atom. The standard InChI is InChI=1S/C19H21N3O3S/c1-26(24,25)22-9-8-14-6-7-17(10-18(14)22)20-19(23)13-21-11-15-4-2-3-5-16(15)12-21/h2-7,10H,8-9,11-13H2,1H3,(H,20,23). The van der Waals surface area contributed by atoms with E-state index in [1.54, 1.807) is 6.07 Å². The van der Waals surface area contributed by atoms with Crippen molar-refractivity contribution < 1.29 is 13.2 Å². The van der Waals surface area contributed by atoms with Gasteiger partial charge in [0.2, 0.25) is 15.9 Å². The van der Waals surface area contributed by atoms with Gasteiger partial charge in [0.05, 0.1) is 18.5 Å². The van der Waals surface area contributed by atoms with Gasteiger partial charge in [0.15, 0.2) is 0 Å². The summed E-state index contributed by atoms with van der Waals surface area (Å²) in [6, 6.07) is 13.7. The average Bonchev–Trinajstić information content (AvgIpc) is 3.16. The predicted molar refractivity (Wildman–Crippen MR) is 102 cm³/mol. The molecule has 2 heterocycles. The number of nitrogens with zero attached hydrogens (tertiary/aromatic N) is 2. The van der Waals surface area contributed by atoms with Gasteiger partial charge < -0.3 is 5.32 Å². The average molecular weight is 371 g/mol. The van der Waals surface area contributed by atoms with E-state index < -0.39 is 10.0 Å². The van der Waals surface area contributed by atoms with E-state index in [1.807, 2.05) is 24.3 Å². The van der Waals surface area contributed by atoms with Crippen LogP contribution in [0.25, 0.3) is 0 Å². The highest BCUT2D eigenvalue weighted by atomic mass is 32.2. The lowest BCUT2D eigenvalue weighted by molar-refractivity contribution is -0.117. The molecule has 0 radical (unpaired) electrons. The highest BCUT2D eigenvalue weighted by Gasteiger charge is 2.26. The molecule has 4 rings (SSSR count). The minimum Gasteiger partial charge on any atom is -0.325 e. The van der Waals surface area contributed by atoms with E-state index in [2.05, 4.69) is 22.3 Å². The predicted octanol–water partition coefficient (Wildman–Crippen LogP) is 1.96. The number of carbonyl (C=O) groups excluding carboxylic acids is 1. The summed E-state index contributed by atoms with van der Waals surface area (Å²) in [6.07, 6.45) is 1.90. The van der Waals surface area contributed by atoms with Crippen molar-refractivity contribution in [3.63, 3.8) is 0 Å². The molecule has 0 bridgehead atoms. The van der Waals surface area contributed by atoms with E-state index >= 15 is 0 Å². The van der Waals surface area contributed by atoms with E-state index in [4.69, 9.17) is 0 Å². The van der Waals surface area contributed by atoms with E-state index in [-0.39, 0.29) is 5.91 Å². The largest absolute Gasteiger partial charge is 0.325 e. The molecule has 0 spiro atoms. The number of sulfonamides is 1. The van der Waals surface area contributed by atoms with E-state index in [1.165, 1.54) is 21.7 Å². The van der Waals surface area contributed by atoms with Crippen molar-refractivity contribution in [2.75, 3.05) is 29.0 Å². The summed E-state index contributed by atoms with van der Waals surface area (Å²) in [4.78, 5) is 14.5. The lowest BCUT2D eigenvalue weighted by atomic mass is 10.1. The molecule has 2 aromatic rings. The molecule has 0 unspecified atom stereocenters. The molecule has 0 aromatic heterocycles. The number of carbonyl (C=O) groups is 1. The van der Waals surface area contributed by atoms with Crippen molar-refractivity contribution in [1.82, 2.24) is 4.90 Å². The molecule has 6 nitrogen and oxygen atoms in total. The van der Waals surface area contributed by atoms with Crippen LogP contribution in [0.5, 0.6) is 0 Å². The fraction of sp³-hybridized carbons (Fsp3) is 0.316. The summed E-state index contributed by atoms with van der Waals surface area (Å²) >= 11 is 0. The Balaban J connectivity index is 1.43. The van der Waals surface area contributed by atoms with Gasteiger partial charge in [-0.3, -0.25) is 14.0 Å². The maximum absolute atomic E-state index is 12.4. The van der Waals surface area contributed by atoms with Gasteiger partial charge in [0.1, 0.15) is 0 Å². The number of nitrogens with one attached hydrogen (secondary N) is 1. The van der Waals surface area contributed by atoms with Crippen molar-refractivity contribution in [2.45, 2.75) is 19.5 Å². The van der Waals surface area contributed by atoms with Crippen molar-refractivity contribution in [3.8, 4) is 0 Å². The SMILES string of the molecule is CS(=O)(=O)N1CCc2ccc(NC(=O)CN3Cc4ccccc4C3)cc21. The van der Waals surface area contributed by atoms with Crippen LogP contribution in [0.3, 0.4) is 0 Å². The zero-order valence-corrected chi connectivity index (χ0v) is 15.4. The van der Waals surface area contributed by atoms with Crippen molar-refractivity contribution >= 4 is 27.3 Å². The molecule has 0 atom stereocenters. The van der Waals surface area contributed by atoms with Crippen molar-refractivity contribution in [1.29, 1.82) is 0 Å². The summed E-state index contributed by atoms with van der Waals surface area (Å²) in [5.74, 6) is -0.0957. The smallest absolute Gasteiger partial charge is 0.238 e. The summed E-state index contributed by atoms with van der Waals surface area (Å²) in [7, 11) is -3.30. The summed E-state index contributed by atoms with van der Waals surface area (Å²) in [5.41, 5.74) is 4.81. The second kappa shape index (κ2) is 6.41. The molecular weight excluding hydrogens is 350 g/mol. The minimum absolute atomic E-state index is 0.0957. The zero-order chi connectivity index (χ0) is 18.3. The van der Waals surface area contributed by atoms with Crippen LogP contribution in [0.1, 0.15) is 16.7 Å². The van der Waals surface area contributed by atoms with Crippen LogP contribution < -0.4 is 9.62 Å². The maximum atomic E-state index is 12.4. The number of fused-ring (bicyclic) bond motifs is 2. The Bertz CT molecular complexity index is 947. The third-order valence-corrected chi connectivity index (χ3v) is 6.08. The van der Waals surface area contributed by atoms with Crippen LogP contribution in [0.4, 0.5) is 11.4 Å². The first kappa shape index (κ1) is 17.1. The molecule has 1 N–H and O–H groups in total. The normalized spacial score (nSPS) is 16.4. The maximum Gasteiger partial charge on any atom is 0.238 e. The number of hydrogen-bond donors (Lipinski definition) is 1. The van der Waals surface area contributed by atoms with Crippen molar-refractivity contribution in [2.24, 2.45) is 0 Å². The fourth-order valence-corrected chi connectivity index (χ4v) is 4.64. The second-order valence-corrected chi connectivity index (χ2v) is 8.80. The first-order valence-corrected chi connectivity index (χ1v) is 10.4. The van der Waals surface area contributed by atoms with Gasteiger partial charge in [-0.15, -0.1) is 0 Å². The molecule has 0 saturated heterocycles. The molecule has 26 heavy (non-hydrogen) atoms. The Kier molecular flexibility index (Phi) is 4.20. The Morgan fingerprint density at radius 1 is 1.08 bits per heavy atom. The number of hydrogen-bond acceptors (Lipinski definition) is 4. The molecule has 1 amide bonds. The van der Waals surface area contributed by atoms with Crippen LogP contribution in [-0.2, 0) is 34.3 Å². The third kappa shape index (κ3) is 3.32. The molecular formula is C19H21N3O3S. The first-order valence-electron chi connectivity index (χ1n) is 8.60. The van der Waals surface area contributed by atoms with Gasteiger partial charge in [0, 0.05) is 25.3 Å². The van der Waals surface area contributed by atoms with Crippen molar-refractivity contribution in [3.05, 3.63) is 59.2 Å². The monoisotopic (exact) mass is 371 g/mol. The number of amides is 1. The van der Waals surface area contributed by atoms with Gasteiger partial charge >= 0.3 is 0 Å². The molecule has 2 aliphatic rings. The Labute approximate surface area is 153 Å². The van der Waals surface area contributed by atoms with Gasteiger partial charge in [-0.05, 0) is 35.2 Å². The van der Waals surface area contributed by atoms with Crippen LogP contribution in [-0.4, -0.2) is 38.6 Å². The molecule has 2 aromatic carbocycles.